The number of ether oxygens (including phenoxy) is 1. The van der Waals surface area contributed by atoms with Gasteiger partial charge in [0, 0.05) is 24.5 Å². The van der Waals surface area contributed by atoms with Gasteiger partial charge in [-0.15, -0.1) is 0 Å². The summed E-state index contributed by atoms with van der Waals surface area (Å²) in [6.07, 6.45) is 5.42. The molecule has 118 valence electrons. The van der Waals surface area contributed by atoms with E-state index in [1.807, 2.05) is 0 Å². The standard InChI is InChI=1S/C17H34N2O/c1-7-13-10-8-9-11-19(13)12-14-15(18-6)17(4,5)20-16(14,2)3/h13-15,18H,7-12H2,1-6H3. The predicted molar refractivity (Wildman–Crippen MR) is 85.1 cm³/mol. The number of nitrogens with one attached hydrogen (secondary N) is 1. The Kier molecular flexibility index (Phi) is 4.83. The number of hydrogen-bond acceptors (Lipinski definition) is 3. The molecule has 3 heteroatoms. The molecule has 3 unspecified atom stereocenters. The van der Waals surface area contributed by atoms with Gasteiger partial charge in [0.2, 0.25) is 0 Å². The second-order valence-corrected chi connectivity index (χ2v) is 7.73. The minimum Gasteiger partial charge on any atom is -0.368 e. The van der Waals surface area contributed by atoms with Gasteiger partial charge in [0.1, 0.15) is 0 Å². The molecule has 2 aliphatic rings. The molecule has 0 amide bonds. The number of likely N-dealkylation sites (N-methyl/N-ethyl adjacent to an activating group) is 1. The van der Waals surface area contributed by atoms with Crippen molar-refractivity contribution in [2.75, 3.05) is 20.1 Å². The van der Waals surface area contributed by atoms with E-state index in [2.05, 4.69) is 51.9 Å². The van der Waals surface area contributed by atoms with Crippen molar-refractivity contribution in [3.63, 3.8) is 0 Å². The molecule has 3 atom stereocenters. The fourth-order valence-electron chi connectivity index (χ4n) is 4.59. The first-order valence-corrected chi connectivity index (χ1v) is 8.43. The van der Waals surface area contributed by atoms with E-state index in [1.54, 1.807) is 0 Å². The van der Waals surface area contributed by atoms with Crippen LogP contribution in [0.5, 0.6) is 0 Å². The van der Waals surface area contributed by atoms with E-state index in [-0.39, 0.29) is 11.2 Å². The van der Waals surface area contributed by atoms with Gasteiger partial charge in [-0.05, 0) is 60.5 Å². The van der Waals surface area contributed by atoms with Gasteiger partial charge in [0.15, 0.2) is 0 Å². The molecule has 2 heterocycles. The number of likely N-dealkylation sites (tertiary alicyclic amines) is 1. The third-order valence-corrected chi connectivity index (χ3v) is 5.53. The van der Waals surface area contributed by atoms with Gasteiger partial charge < -0.3 is 10.1 Å². The van der Waals surface area contributed by atoms with Gasteiger partial charge in [0.25, 0.3) is 0 Å². The maximum absolute atomic E-state index is 6.37. The summed E-state index contributed by atoms with van der Waals surface area (Å²) < 4.78 is 6.37. The molecule has 2 rings (SSSR count). The van der Waals surface area contributed by atoms with Gasteiger partial charge in [-0.3, -0.25) is 4.90 Å². The Morgan fingerprint density at radius 1 is 1.15 bits per heavy atom. The fraction of sp³-hybridized carbons (Fsp3) is 1.00. The molecule has 3 nitrogen and oxygen atoms in total. The first kappa shape index (κ1) is 16.3. The highest BCUT2D eigenvalue weighted by Gasteiger charge is 2.53. The lowest BCUT2D eigenvalue weighted by Crippen LogP contribution is -2.52. The lowest BCUT2D eigenvalue weighted by atomic mass is 9.81. The van der Waals surface area contributed by atoms with E-state index in [4.69, 9.17) is 4.74 Å². The maximum Gasteiger partial charge on any atom is 0.0790 e. The predicted octanol–water partition coefficient (Wildman–Crippen LogP) is 3.04. The quantitative estimate of drug-likeness (QED) is 0.858. The van der Waals surface area contributed by atoms with Crippen molar-refractivity contribution in [2.24, 2.45) is 5.92 Å². The zero-order valence-electron chi connectivity index (χ0n) is 14.3. The molecule has 1 N–H and O–H groups in total. The van der Waals surface area contributed by atoms with E-state index < -0.39 is 0 Å². The number of nitrogens with zero attached hydrogens (tertiary/aromatic N) is 1. The second kappa shape index (κ2) is 5.94. The minimum atomic E-state index is -0.0829. The van der Waals surface area contributed by atoms with Gasteiger partial charge >= 0.3 is 0 Å². The largest absolute Gasteiger partial charge is 0.368 e. The van der Waals surface area contributed by atoms with Crippen LogP contribution >= 0.6 is 0 Å². The molecule has 2 saturated heterocycles. The minimum absolute atomic E-state index is 0.0487. The summed E-state index contributed by atoms with van der Waals surface area (Å²) in [4.78, 5) is 2.73. The summed E-state index contributed by atoms with van der Waals surface area (Å²) >= 11 is 0. The van der Waals surface area contributed by atoms with Crippen LogP contribution < -0.4 is 5.32 Å². The molecular weight excluding hydrogens is 248 g/mol. The highest BCUT2D eigenvalue weighted by molar-refractivity contribution is 5.06. The summed E-state index contributed by atoms with van der Waals surface area (Å²) in [5.74, 6) is 0.551. The molecule has 0 aliphatic carbocycles. The Balaban J connectivity index is 2.13. The Bertz CT molecular complexity index is 327. The van der Waals surface area contributed by atoms with E-state index in [0.29, 0.717) is 12.0 Å². The Labute approximate surface area is 125 Å². The smallest absolute Gasteiger partial charge is 0.0790 e. The number of hydrogen-bond donors (Lipinski definition) is 1. The van der Waals surface area contributed by atoms with E-state index in [9.17, 15) is 0 Å². The molecule has 2 aliphatic heterocycles. The van der Waals surface area contributed by atoms with Gasteiger partial charge in [0.05, 0.1) is 11.2 Å². The average Bonchev–Trinajstić information content (AvgIpc) is 2.54. The Morgan fingerprint density at radius 2 is 1.85 bits per heavy atom. The third-order valence-electron chi connectivity index (χ3n) is 5.53. The maximum atomic E-state index is 6.37. The molecule has 0 aromatic carbocycles. The van der Waals surface area contributed by atoms with Crippen LogP contribution in [-0.4, -0.2) is 48.3 Å². The molecule has 20 heavy (non-hydrogen) atoms. The monoisotopic (exact) mass is 282 g/mol. The van der Waals surface area contributed by atoms with Crippen molar-refractivity contribution in [3.8, 4) is 0 Å². The van der Waals surface area contributed by atoms with Crippen molar-refractivity contribution < 1.29 is 4.74 Å². The van der Waals surface area contributed by atoms with Crippen LogP contribution in [0.1, 0.15) is 60.3 Å². The molecular formula is C17H34N2O. The number of rotatable bonds is 4. The molecule has 0 bridgehead atoms. The summed E-state index contributed by atoms with van der Waals surface area (Å²) in [6.45, 7) is 13.7. The highest BCUT2D eigenvalue weighted by Crippen LogP contribution is 2.43. The normalized spacial score (nSPS) is 37.2. The van der Waals surface area contributed by atoms with Gasteiger partial charge in [-0.2, -0.15) is 0 Å². The van der Waals surface area contributed by atoms with Gasteiger partial charge in [-0.25, -0.2) is 0 Å². The van der Waals surface area contributed by atoms with Crippen LogP contribution in [0.3, 0.4) is 0 Å². The zero-order chi connectivity index (χ0) is 15.0. The van der Waals surface area contributed by atoms with E-state index >= 15 is 0 Å². The second-order valence-electron chi connectivity index (χ2n) is 7.73. The molecule has 0 radical (unpaired) electrons. The van der Waals surface area contributed by atoms with Crippen LogP contribution in [0.25, 0.3) is 0 Å². The van der Waals surface area contributed by atoms with Gasteiger partial charge in [-0.1, -0.05) is 13.3 Å². The molecule has 0 spiro atoms. The average molecular weight is 282 g/mol. The third kappa shape index (κ3) is 3.05. The first-order valence-electron chi connectivity index (χ1n) is 8.43. The van der Waals surface area contributed by atoms with Crippen molar-refractivity contribution in [1.29, 1.82) is 0 Å². The lowest BCUT2D eigenvalue weighted by molar-refractivity contribution is -0.0806. The first-order chi connectivity index (χ1) is 9.31. The summed E-state index contributed by atoms with van der Waals surface area (Å²) in [7, 11) is 2.08. The highest BCUT2D eigenvalue weighted by atomic mass is 16.5. The Morgan fingerprint density at radius 3 is 2.45 bits per heavy atom. The SMILES string of the molecule is CCC1CCCCN1CC1C(NC)C(C)(C)OC1(C)C. The topological polar surface area (TPSA) is 24.5 Å². The van der Waals surface area contributed by atoms with Crippen molar-refractivity contribution in [1.82, 2.24) is 10.2 Å². The summed E-state index contributed by atoms with van der Waals surface area (Å²) in [5, 5.41) is 3.53. The van der Waals surface area contributed by atoms with Crippen LogP contribution in [0.2, 0.25) is 0 Å². The molecule has 0 saturated carbocycles. The zero-order valence-corrected chi connectivity index (χ0v) is 14.3. The summed E-state index contributed by atoms with van der Waals surface area (Å²) in [5.41, 5.74) is -0.132. The fourth-order valence-corrected chi connectivity index (χ4v) is 4.59. The van der Waals surface area contributed by atoms with Crippen molar-refractivity contribution >= 4 is 0 Å². The van der Waals surface area contributed by atoms with E-state index in [1.165, 1.54) is 38.8 Å². The molecule has 2 fully saturated rings. The van der Waals surface area contributed by atoms with Crippen molar-refractivity contribution in [2.45, 2.75) is 83.6 Å². The molecule has 0 aromatic rings. The molecule has 0 aromatic heterocycles. The van der Waals surface area contributed by atoms with E-state index in [0.717, 1.165) is 6.04 Å². The van der Waals surface area contributed by atoms with Crippen LogP contribution in [0, 0.1) is 5.92 Å². The van der Waals surface area contributed by atoms with Crippen LogP contribution in [-0.2, 0) is 4.74 Å². The van der Waals surface area contributed by atoms with Crippen LogP contribution in [0.4, 0.5) is 0 Å². The van der Waals surface area contributed by atoms with Crippen molar-refractivity contribution in [3.05, 3.63) is 0 Å². The Hall–Kier alpha value is -0.120. The lowest BCUT2D eigenvalue weighted by Gasteiger charge is -2.40. The summed E-state index contributed by atoms with van der Waals surface area (Å²) in [6, 6.07) is 1.21. The number of piperidine rings is 1. The van der Waals surface area contributed by atoms with Crippen LogP contribution in [0.15, 0.2) is 0 Å².